The van der Waals surface area contributed by atoms with Crippen molar-refractivity contribution in [2.75, 3.05) is 20.1 Å². The molecule has 0 aromatic rings. The smallest absolute Gasteiger partial charge is 0.312 e. The maximum absolute atomic E-state index is 11.5. The Labute approximate surface area is 83.3 Å². The van der Waals surface area contributed by atoms with Crippen LogP contribution in [-0.2, 0) is 9.59 Å². The fourth-order valence-electron chi connectivity index (χ4n) is 1.40. The number of carbonyl (C=O) groups excluding carboxylic acids is 2. The zero-order valence-corrected chi connectivity index (χ0v) is 8.73. The van der Waals surface area contributed by atoms with E-state index in [-0.39, 0.29) is 6.04 Å². The van der Waals surface area contributed by atoms with E-state index in [2.05, 4.69) is 0 Å². The first kappa shape index (κ1) is 11.0. The molecule has 0 bridgehead atoms. The van der Waals surface area contributed by atoms with Gasteiger partial charge in [-0.3, -0.25) is 9.59 Å². The first-order chi connectivity index (χ1) is 6.45. The van der Waals surface area contributed by atoms with Gasteiger partial charge in [0, 0.05) is 20.1 Å². The number of piperazine rings is 1. The summed E-state index contributed by atoms with van der Waals surface area (Å²) in [5.41, 5.74) is 0. The Hall–Kier alpha value is -1.10. The molecule has 2 atom stereocenters. The molecular formula is C9H16N2O3. The molecule has 5 heteroatoms. The number of hydrogen-bond donors (Lipinski definition) is 1. The lowest BCUT2D eigenvalue weighted by atomic mass is 10.1. The van der Waals surface area contributed by atoms with E-state index in [9.17, 15) is 14.7 Å². The van der Waals surface area contributed by atoms with Crippen LogP contribution in [0.1, 0.15) is 13.8 Å². The largest absolute Gasteiger partial charge is 0.391 e. The minimum absolute atomic E-state index is 0.305. The molecule has 1 heterocycles. The summed E-state index contributed by atoms with van der Waals surface area (Å²) in [6.07, 6.45) is -0.616. The second kappa shape index (κ2) is 3.96. The number of hydrogen-bond acceptors (Lipinski definition) is 3. The van der Waals surface area contributed by atoms with Gasteiger partial charge in [-0.25, -0.2) is 0 Å². The Balaban J connectivity index is 2.73. The maximum Gasteiger partial charge on any atom is 0.312 e. The molecule has 1 aliphatic rings. The van der Waals surface area contributed by atoms with Crippen LogP contribution in [0.5, 0.6) is 0 Å². The molecule has 1 saturated heterocycles. The average molecular weight is 200 g/mol. The van der Waals surface area contributed by atoms with Crippen LogP contribution >= 0.6 is 0 Å². The minimum Gasteiger partial charge on any atom is -0.391 e. The summed E-state index contributed by atoms with van der Waals surface area (Å²) in [6.45, 7) is 4.37. The second-order valence-corrected chi connectivity index (χ2v) is 3.71. The summed E-state index contributed by atoms with van der Waals surface area (Å²) in [5, 5.41) is 9.32. The maximum atomic E-state index is 11.5. The van der Waals surface area contributed by atoms with Crippen LogP contribution in [0, 0.1) is 0 Å². The van der Waals surface area contributed by atoms with Gasteiger partial charge in [0.2, 0.25) is 0 Å². The van der Waals surface area contributed by atoms with Crippen molar-refractivity contribution in [1.29, 1.82) is 0 Å². The summed E-state index contributed by atoms with van der Waals surface area (Å²) in [4.78, 5) is 25.6. The van der Waals surface area contributed by atoms with Crippen molar-refractivity contribution in [3.05, 3.63) is 0 Å². The number of aliphatic hydroxyl groups excluding tert-OH is 1. The molecule has 2 unspecified atom stereocenters. The first-order valence-electron chi connectivity index (χ1n) is 4.69. The number of amides is 2. The third-order valence-electron chi connectivity index (χ3n) is 2.66. The van der Waals surface area contributed by atoms with Gasteiger partial charge in [0.1, 0.15) is 0 Å². The third-order valence-corrected chi connectivity index (χ3v) is 2.66. The predicted octanol–water partition coefficient (Wildman–Crippen LogP) is -0.944. The van der Waals surface area contributed by atoms with Crippen molar-refractivity contribution >= 4 is 11.8 Å². The molecule has 2 amide bonds. The predicted molar refractivity (Wildman–Crippen MR) is 50.5 cm³/mol. The highest BCUT2D eigenvalue weighted by Crippen LogP contribution is 2.10. The van der Waals surface area contributed by atoms with E-state index in [1.165, 1.54) is 9.80 Å². The summed E-state index contributed by atoms with van der Waals surface area (Å²) >= 11 is 0. The van der Waals surface area contributed by atoms with E-state index in [1.807, 2.05) is 0 Å². The van der Waals surface area contributed by atoms with E-state index in [1.54, 1.807) is 20.9 Å². The topological polar surface area (TPSA) is 60.9 Å². The van der Waals surface area contributed by atoms with Gasteiger partial charge >= 0.3 is 11.8 Å². The molecule has 14 heavy (non-hydrogen) atoms. The molecule has 0 spiro atoms. The van der Waals surface area contributed by atoms with Gasteiger partial charge < -0.3 is 14.9 Å². The second-order valence-electron chi connectivity index (χ2n) is 3.71. The van der Waals surface area contributed by atoms with Crippen LogP contribution in [0.25, 0.3) is 0 Å². The van der Waals surface area contributed by atoms with Crippen LogP contribution in [0.2, 0.25) is 0 Å². The van der Waals surface area contributed by atoms with Gasteiger partial charge in [-0.05, 0) is 13.8 Å². The molecule has 0 aromatic heterocycles. The van der Waals surface area contributed by atoms with Crippen molar-refractivity contribution in [2.45, 2.75) is 26.0 Å². The lowest BCUT2D eigenvalue weighted by molar-refractivity contribution is -0.157. The van der Waals surface area contributed by atoms with E-state index < -0.39 is 17.9 Å². The molecule has 1 rings (SSSR count). The first-order valence-corrected chi connectivity index (χ1v) is 4.69. The van der Waals surface area contributed by atoms with Crippen molar-refractivity contribution in [3.8, 4) is 0 Å². The molecule has 1 aliphatic heterocycles. The van der Waals surface area contributed by atoms with Crippen LogP contribution in [0.15, 0.2) is 0 Å². The number of aliphatic hydroxyl groups is 1. The molecule has 0 saturated carbocycles. The highest BCUT2D eigenvalue weighted by Gasteiger charge is 2.34. The molecule has 0 aromatic carbocycles. The molecule has 1 fully saturated rings. The molecule has 1 N–H and O–H groups in total. The number of likely N-dealkylation sites (N-methyl/N-ethyl adjacent to an activating group) is 1. The Bertz CT molecular complexity index is 252. The summed E-state index contributed by atoms with van der Waals surface area (Å²) in [6, 6.07) is -0.305. The molecule has 5 nitrogen and oxygen atoms in total. The van der Waals surface area contributed by atoms with Crippen molar-refractivity contribution in [1.82, 2.24) is 9.80 Å². The van der Waals surface area contributed by atoms with Gasteiger partial charge in [-0.15, -0.1) is 0 Å². The lowest BCUT2D eigenvalue weighted by Crippen LogP contribution is -2.57. The van der Waals surface area contributed by atoms with Gasteiger partial charge in [-0.2, -0.15) is 0 Å². The Morgan fingerprint density at radius 1 is 1.21 bits per heavy atom. The van der Waals surface area contributed by atoms with Crippen LogP contribution in [0.3, 0.4) is 0 Å². The van der Waals surface area contributed by atoms with Crippen molar-refractivity contribution in [3.63, 3.8) is 0 Å². The summed E-state index contributed by atoms with van der Waals surface area (Å²) in [5.74, 6) is -1.02. The van der Waals surface area contributed by atoms with E-state index in [0.717, 1.165) is 0 Å². The third kappa shape index (κ3) is 1.87. The van der Waals surface area contributed by atoms with Gasteiger partial charge in [-0.1, -0.05) is 0 Å². The zero-order chi connectivity index (χ0) is 10.9. The fraction of sp³-hybridized carbons (Fsp3) is 0.778. The van der Waals surface area contributed by atoms with Crippen LogP contribution < -0.4 is 0 Å². The quantitative estimate of drug-likeness (QED) is 0.585. The Kier molecular flexibility index (Phi) is 3.10. The van der Waals surface area contributed by atoms with Crippen LogP contribution in [0.4, 0.5) is 0 Å². The number of rotatable bonds is 2. The standard InChI is InChI=1S/C9H16N2O3/c1-6(7(2)12)11-5-4-10(3)8(13)9(11)14/h6-7,12H,4-5H2,1-3H3. The molecule has 0 aliphatic carbocycles. The Morgan fingerprint density at radius 2 is 1.79 bits per heavy atom. The van der Waals surface area contributed by atoms with Gasteiger partial charge in [0.05, 0.1) is 12.1 Å². The fourth-order valence-corrected chi connectivity index (χ4v) is 1.40. The van der Waals surface area contributed by atoms with Crippen molar-refractivity contribution in [2.24, 2.45) is 0 Å². The molecule has 0 radical (unpaired) electrons. The summed E-state index contributed by atoms with van der Waals surface area (Å²) in [7, 11) is 1.60. The van der Waals surface area contributed by atoms with E-state index in [4.69, 9.17) is 0 Å². The monoisotopic (exact) mass is 200 g/mol. The van der Waals surface area contributed by atoms with Gasteiger partial charge in [0.25, 0.3) is 0 Å². The summed E-state index contributed by atoms with van der Waals surface area (Å²) < 4.78 is 0. The minimum atomic E-state index is -0.616. The van der Waals surface area contributed by atoms with E-state index >= 15 is 0 Å². The lowest BCUT2D eigenvalue weighted by Gasteiger charge is -2.36. The van der Waals surface area contributed by atoms with E-state index in [0.29, 0.717) is 13.1 Å². The number of carbonyl (C=O) groups is 2. The average Bonchev–Trinajstić information content (AvgIpc) is 2.13. The Morgan fingerprint density at radius 3 is 2.29 bits per heavy atom. The molecule has 80 valence electrons. The van der Waals surface area contributed by atoms with Crippen LogP contribution in [-0.4, -0.2) is 59.0 Å². The highest BCUT2D eigenvalue weighted by molar-refractivity contribution is 6.35. The van der Waals surface area contributed by atoms with Gasteiger partial charge in [0.15, 0.2) is 0 Å². The SMILES string of the molecule is CC(O)C(C)N1CCN(C)C(=O)C1=O. The normalized spacial score (nSPS) is 22.6. The van der Waals surface area contributed by atoms with Crippen molar-refractivity contribution < 1.29 is 14.7 Å². The molecular weight excluding hydrogens is 184 g/mol. The zero-order valence-electron chi connectivity index (χ0n) is 8.73. The highest BCUT2D eigenvalue weighted by atomic mass is 16.3. The number of nitrogens with zero attached hydrogens (tertiary/aromatic N) is 2.